The van der Waals surface area contributed by atoms with Gasteiger partial charge in [-0.15, -0.1) is 0 Å². The van der Waals surface area contributed by atoms with Crippen LogP contribution in [0.4, 0.5) is 34.1 Å². The van der Waals surface area contributed by atoms with Crippen LogP contribution < -0.4 is 9.80 Å². The molecule has 1 saturated carbocycles. The van der Waals surface area contributed by atoms with Gasteiger partial charge in [0.2, 0.25) is 0 Å². The second-order valence-corrected chi connectivity index (χ2v) is 17.9. The highest BCUT2D eigenvalue weighted by Crippen LogP contribution is 2.55. The quantitative estimate of drug-likeness (QED) is 0.152. The maximum Gasteiger partial charge on any atom is 0.0542 e. The number of aryl methyl sites for hydroxylation is 2. The lowest BCUT2D eigenvalue weighted by molar-refractivity contribution is 0.443. The Morgan fingerprint density at radius 2 is 0.887 bits per heavy atom. The van der Waals surface area contributed by atoms with Crippen LogP contribution in [0.1, 0.15) is 78.7 Å². The lowest BCUT2D eigenvalue weighted by Crippen LogP contribution is -2.22. The summed E-state index contributed by atoms with van der Waals surface area (Å²) in [5, 5.41) is 2.54. The van der Waals surface area contributed by atoms with Gasteiger partial charge in [-0.25, -0.2) is 0 Å². The van der Waals surface area contributed by atoms with E-state index in [0.717, 1.165) is 25.7 Å². The average molecular weight is 802 g/mol. The van der Waals surface area contributed by atoms with Crippen LogP contribution in [0.25, 0.3) is 27.5 Å². The maximum absolute atomic E-state index is 2.57. The first-order valence-electron chi connectivity index (χ1n) is 22.9. The van der Waals surface area contributed by atoms with E-state index in [1.165, 1.54) is 122 Å². The Morgan fingerprint density at radius 1 is 0.403 bits per heavy atom. The molecule has 0 amide bonds. The molecular formula is C59H51N3. The van der Waals surface area contributed by atoms with E-state index in [0.29, 0.717) is 5.92 Å². The van der Waals surface area contributed by atoms with Crippen LogP contribution in [0, 0.1) is 0 Å². The highest BCUT2D eigenvalue weighted by atomic mass is 15.1. The van der Waals surface area contributed by atoms with Crippen molar-refractivity contribution in [1.29, 1.82) is 0 Å². The van der Waals surface area contributed by atoms with Crippen LogP contribution in [0.3, 0.4) is 0 Å². The molecule has 0 bridgehead atoms. The molecule has 0 radical (unpaired) electrons. The van der Waals surface area contributed by atoms with Crippen LogP contribution in [-0.2, 0) is 18.3 Å². The van der Waals surface area contributed by atoms with Gasteiger partial charge in [0.1, 0.15) is 0 Å². The molecule has 1 spiro atoms. The molecule has 3 aliphatic carbocycles. The molecule has 0 saturated heterocycles. The van der Waals surface area contributed by atoms with Crippen molar-refractivity contribution in [3.8, 4) is 5.69 Å². The van der Waals surface area contributed by atoms with Crippen molar-refractivity contribution in [2.45, 2.75) is 69.1 Å². The van der Waals surface area contributed by atoms with Crippen molar-refractivity contribution in [2.24, 2.45) is 0 Å². The number of anilines is 6. The van der Waals surface area contributed by atoms with Crippen molar-refractivity contribution in [2.75, 3.05) is 9.80 Å². The minimum Gasteiger partial charge on any atom is -0.310 e. The molecule has 0 aliphatic heterocycles. The molecule has 12 rings (SSSR count). The third kappa shape index (κ3) is 6.17. The summed E-state index contributed by atoms with van der Waals surface area (Å²) in [6.07, 6.45) is 11.1. The van der Waals surface area contributed by atoms with Crippen LogP contribution >= 0.6 is 0 Å². The zero-order valence-electron chi connectivity index (χ0n) is 35.3. The highest BCUT2D eigenvalue weighted by molar-refractivity contribution is 6.10. The van der Waals surface area contributed by atoms with E-state index in [2.05, 4.69) is 208 Å². The molecule has 1 heterocycles. The van der Waals surface area contributed by atoms with E-state index in [4.69, 9.17) is 0 Å². The lowest BCUT2D eigenvalue weighted by atomic mass is 9.76. The van der Waals surface area contributed by atoms with Gasteiger partial charge >= 0.3 is 0 Å². The van der Waals surface area contributed by atoms with E-state index < -0.39 is 0 Å². The second kappa shape index (κ2) is 15.3. The largest absolute Gasteiger partial charge is 0.310 e. The van der Waals surface area contributed by atoms with Gasteiger partial charge < -0.3 is 14.4 Å². The van der Waals surface area contributed by atoms with Gasteiger partial charge in [0, 0.05) is 56.0 Å². The topological polar surface area (TPSA) is 11.4 Å². The highest BCUT2D eigenvalue weighted by Gasteiger charge is 2.45. The normalized spacial score (nSPS) is 17.1. The van der Waals surface area contributed by atoms with Gasteiger partial charge in [-0.05, 0) is 169 Å². The number of rotatable bonds is 8. The minimum absolute atomic E-state index is 0.0285. The van der Waals surface area contributed by atoms with Gasteiger partial charge in [-0.2, -0.15) is 0 Å². The summed E-state index contributed by atoms with van der Waals surface area (Å²) < 4.78 is 2.42. The van der Waals surface area contributed by atoms with E-state index in [-0.39, 0.29) is 5.41 Å². The number of hydrogen-bond acceptors (Lipinski definition) is 2. The Bertz CT molecular complexity index is 3010. The number of aromatic nitrogens is 1. The summed E-state index contributed by atoms with van der Waals surface area (Å²) >= 11 is 0. The van der Waals surface area contributed by atoms with Gasteiger partial charge in [0.15, 0.2) is 0 Å². The summed E-state index contributed by atoms with van der Waals surface area (Å²) in [4.78, 5) is 4.95. The SMILES string of the molecule is c1ccc(N(c2ccccc2)c2ccc3c(c2)[C@@]2(CC3)CCc3ccc(N(c4ccc(C5CCCCC5)cc4)c4ccc5c(c4)c4ccccc4n5-c4ccccc4)cc32)cc1. The van der Waals surface area contributed by atoms with Gasteiger partial charge in [-0.3, -0.25) is 0 Å². The number of para-hydroxylation sites is 4. The predicted octanol–water partition coefficient (Wildman–Crippen LogP) is 15.9. The molecule has 1 fully saturated rings. The maximum atomic E-state index is 2.57. The van der Waals surface area contributed by atoms with Crippen LogP contribution in [0.5, 0.6) is 0 Å². The Hall–Kier alpha value is -6.84. The van der Waals surface area contributed by atoms with Crippen molar-refractivity contribution >= 4 is 55.9 Å². The molecule has 0 unspecified atom stereocenters. The van der Waals surface area contributed by atoms with Crippen LogP contribution in [-0.4, -0.2) is 4.57 Å². The molecule has 3 heteroatoms. The minimum atomic E-state index is -0.0285. The first kappa shape index (κ1) is 37.0. The van der Waals surface area contributed by atoms with Crippen molar-refractivity contribution in [3.05, 3.63) is 222 Å². The van der Waals surface area contributed by atoms with Crippen molar-refractivity contribution in [3.63, 3.8) is 0 Å². The summed E-state index contributed by atoms with van der Waals surface area (Å²) in [7, 11) is 0. The fourth-order valence-electron chi connectivity index (χ4n) is 11.6. The molecule has 302 valence electrons. The van der Waals surface area contributed by atoms with E-state index in [9.17, 15) is 0 Å². The van der Waals surface area contributed by atoms with E-state index >= 15 is 0 Å². The molecule has 3 nitrogen and oxygen atoms in total. The van der Waals surface area contributed by atoms with Gasteiger partial charge in [-0.1, -0.05) is 116 Å². The number of nitrogens with zero attached hydrogens (tertiary/aromatic N) is 3. The lowest BCUT2D eigenvalue weighted by Gasteiger charge is -2.32. The number of benzene rings is 8. The first-order chi connectivity index (χ1) is 30.7. The van der Waals surface area contributed by atoms with Crippen LogP contribution in [0.2, 0.25) is 0 Å². The Morgan fingerprint density at radius 3 is 1.52 bits per heavy atom. The first-order valence-corrected chi connectivity index (χ1v) is 22.9. The van der Waals surface area contributed by atoms with Gasteiger partial charge in [0.05, 0.1) is 11.0 Å². The number of hydrogen-bond donors (Lipinski definition) is 0. The van der Waals surface area contributed by atoms with E-state index in [1.54, 1.807) is 0 Å². The molecule has 3 aliphatic rings. The smallest absolute Gasteiger partial charge is 0.0542 e. The van der Waals surface area contributed by atoms with E-state index in [1.807, 2.05) is 0 Å². The second-order valence-electron chi connectivity index (χ2n) is 17.9. The number of fused-ring (bicyclic) bond motifs is 7. The summed E-state index contributed by atoms with van der Waals surface area (Å²) in [6, 6.07) is 72.8. The molecule has 0 N–H and O–H groups in total. The summed E-state index contributed by atoms with van der Waals surface area (Å²) in [5.74, 6) is 0.665. The average Bonchev–Trinajstić information content (AvgIpc) is 4.02. The Kier molecular flexibility index (Phi) is 9.10. The Balaban J connectivity index is 1.00. The molecule has 1 aromatic heterocycles. The predicted molar refractivity (Wildman–Crippen MR) is 260 cm³/mol. The third-order valence-corrected chi connectivity index (χ3v) is 14.6. The molecule has 9 aromatic rings. The molecular weight excluding hydrogens is 751 g/mol. The van der Waals surface area contributed by atoms with Crippen molar-refractivity contribution in [1.82, 2.24) is 4.57 Å². The van der Waals surface area contributed by atoms with Crippen molar-refractivity contribution < 1.29 is 0 Å². The zero-order valence-corrected chi connectivity index (χ0v) is 35.3. The fourth-order valence-corrected chi connectivity index (χ4v) is 11.6. The molecule has 62 heavy (non-hydrogen) atoms. The molecule has 1 atom stereocenters. The van der Waals surface area contributed by atoms with Gasteiger partial charge in [0.25, 0.3) is 0 Å². The fraction of sp³-hybridized carbons (Fsp3) is 0.186. The summed E-state index contributed by atoms with van der Waals surface area (Å²) in [6.45, 7) is 0. The summed E-state index contributed by atoms with van der Waals surface area (Å²) in [5.41, 5.74) is 18.3. The third-order valence-electron chi connectivity index (χ3n) is 14.6. The molecule has 8 aromatic carbocycles. The standard InChI is InChI=1S/C59H51N3/c1-5-15-42(16-6-1)43-25-29-49(30-26-43)61(50-33-34-58-54(39-50)53-23-13-14-24-57(53)62(58)48-21-11-4-12-22-48)52-32-28-45-36-38-59(56(45)41-52)37-35-44-27-31-51(40-55(44)59)60(46-17-7-2-8-18-46)47-19-9-3-10-20-47/h2-4,7-14,17-34,39-42H,1,5-6,15-16,35-38H2/t59-/m1/s1. The zero-order chi connectivity index (χ0) is 41.0. The monoisotopic (exact) mass is 801 g/mol. The van der Waals surface area contributed by atoms with Crippen LogP contribution in [0.15, 0.2) is 194 Å². The Labute approximate surface area is 365 Å².